The first-order chi connectivity index (χ1) is 5.50. The zero-order valence-electron chi connectivity index (χ0n) is 7.42. The van der Waals surface area contributed by atoms with Gasteiger partial charge in [0.25, 0.3) is 0 Å². The van der Waals surface area contributed by atoms with Gasteiger partial charge >= 0.3 is 5.97 Å². The van der Waals surface area contributed by atoms with Crippen molar-refractivity contribution in [1.29, 1.82) is 0 Å². The van der Waals surface area contributed by atoms with Gasteiger partial charge in [-0.3, -0.25) is 9.59 Å². The SMILES string of the molecule is CCOC(=O)C(=O)C(C)C(C)=O. The molecule has 4 heteroatoms. The predicted molar refractivity (Wildman–Crippen MR) is 41.5 cm³/mol. The molecule has 0 rings (SSSR count). The van der Waals surface area contributed by atoms with Gasteiger partial charge in [-0.25, -0.2) is 4.79 Å². The summed E-state index contributed by atoms with van der Waals surface area (Å²) in [6.45, 7) is 4.40. The second kappa shape index (κ2) is 4.64. The Balaban J connectivity index is 4.19. The molecular formula is C8H12O4. The third-order valence-corrected chi connectivity index (χ3v) is 1.48. The van der Waals surface area contributed by atoms with Gasteiger partial charge in [-0.05, 0) is 20.8 Å². The fraction of sp³-hybridized carbons (Fsp3) is 0.625. The molecule has 1 unspecified atom stereocenters. The van der Waals surface area contributed by atoms with E-state index >= 15 is 0 Å². The maximum atomic E-state index is 11.0. The van der Waals surface area contributed by atoms with Crippen LogP contribution in [-0.2, 0) is 19.1 Å². The Labute approximate surface area is 70.9 Å². The number of rotatable bonds is 4. The molecule has 0 fully saturated rings. The van der Waals surface area contributed by atoms with Crippen molar-refractivity contribution < 1.29 is 19.1 Å². The van der Waals surface area contributed by atoms with Gasteiger partial charge in [0.2, 0.25) is 5.78 Å². The lowest BCUT2D eigenvalue weighted by Gasteiger charge is -2.04. The molecule has 0 aliphatic rings. The van der Waals surface area contributed by atoms with E-state index in [1.54, 1.807) is 6.92 Å². The third-order valence-electron chi connectivity index (χ3n) is 1.48. The van der Waals surface area contributed by atoms with Crippen molar-refractivity contribution in [3.8, 4) is 0 Å². The fourth-order valence-corrected chi connectivity index (χ4v) is 0.564. The molecule has 0 spiro atoms. The van der Waals surface area contributed by atoms with Crippen LogP contribution in [0.2, 0.25) is 0 Å². The van der Waals surface area contributed by atoms with Gasteiger partial charge in [-0.2, -0.15) is 0 Å². The minimum Gasteiger partial charge on any atom is -0.460 e. The van der Waals surface area contributed by atoms with Crippen LogP contribution >= 0.6 is 0 Å². The van der Waals surface area contributed by atoms with E-state index in [1.165, 1.54) is 13.8 Å². The molecule has 0 heterocycles. The van der Waals surface area contributed by atoms with E-state index in [-0.39, 0.29) is 12.4 Å². The molecule has 0 saturated carbocycles. The summed E-state index contributed by atoms with van der Waals surface area (Å²) in [5.41, 5.74) is 0. The summed E-state index contributed by atoms with van der Waals surface area (Å²) in [6.07, 6.45) is 0. The van der Waals surface area contributed by atoms with Gasteiger partial charge in [0.15, 0.2) is 0 Å². The highest BCUT2D eigenvalue weighted by Gasteiger charge is 2.25. The summed E-state index contributed by atoms with van der Waals surface area (Å²) in [7, 11) is 0. The molecule has 4 nitrogen and oxygen atoms in total. The summed E-state index contributed by atoms with van der Waals surface area (Å²) in [5, 5.41) is 0. The zero-order valence-corrected chi connectivity index (χ0v) is 7.42. The molecule has 0 aliphatic carbocycles. The van der Waals surface area contributed by atoms with E-state index in [0.717, 1.165) is 0 Å². The van der Waals surface area contributed by atoms with Crippen molar-refractivity contribution in [2.75, 3.05) is 6.61 Å². The molecular weight excluding hydrogens is 160 g/mol. The van der Waals surface area contributed by atoms with E-state index in [4.69, 9.17) is 0 Å². The topological polar surface area (TPSA) is 60.4 Å². The smallest absolute Gasteiger partial charge is 0.375 e. The van der Waals surface area contributed by atoms with Gasteiger partial charge < -0.3 is 4.74 Å². The van der Waals surface area contributed by atoms with Crippen molar-refractivity contribution in [3.05, 3.63) is 0 Å². The van der Waals surface area contributed by atoms with Crippen molar-refractivity contribution in [3.63, 3.8) is 0 Å². The highest BCUT2D eigenvalue weighted by Crippen LogP contribution is 1.99. The number of ether oxygens (including phenoxy) is 1. The molecule has 0 radical (unpaired) electrons. The number of Topliss-reactive ketones (excluding diaryl/α,β-unsaturated/α-hetero) is 2. The van der Waals surface area contributed by atoms with E-state index in [1.807, 2.05) is 0 Å². The van der Waals surface area contributed by atoms with Crippen LogP contribution in [0, 0.1) is 5.92 Å². The number of ketones is 2. The summed E-state index contributed by atoms with van der Waals surface area (Å²) >= 11 is 0. The Morgan fingerprint density at radius 3 is 2.17 bits per heavy atom. The molecule has 0 saturated heterocycles. The second-order valence-corrected chi connectivity index (χ2v) is 2.42. The van der Waals surface area contributed by atoms with E-state index in [9.17, 15) is 14.4 Å². The number of carbonyl (C=O) groups excluding carboxylic acids is 3. The number of esters is 1. The maximum Gasteiger partial charge on any atom is 0.375 e. The fourth-order valence-electron chi connectivity index (χ4n) is 0.564. The van der Waals surface area contributed by atoms with Crippen molar-refractivity contribution in [2.24, 2.45) is 5.92 Å². The van der Waals surface area contributed by atoms with Crippen LogP contribution in [0.1, 0.15) is 20.8 Å². The Bertz CT molecular complexity index is 207. The minimum absolute atomic E-state index is 0.148. The molecule has 0 N–H and O–H groups in total. The molecule has 12 heavy (non-hydrogen) atoms. The van der Waals surface area contributed by atoms with Crippen LogP contribution in [0.25, 0.3) is 0 Å². The quantitative estimate of drug-likeness (QED) is 0.348. The monoisotopic (exact) mass is 172 g/mol. The van der Waals surface area contributed by atoms with Crippen LogP contribution in [0.5, 0.6) is 0 Å². The summed E-state index contributed by atoms with van der Waals surface area (Å²) < 4.78 is 4.43. The molecule has 0 aromatic rings. The van der Waals surface area contributed by atoms with E-state index in [0.29, 0.717) is 0 Å². The Morgan fingerprint density at radius 2 is 1.83 bits per heavy atom. The average molecular weight is 172 g/mol. The standard InChI is InChI=1S/C8H12O4/c1-4-12-8(11)7(10)5(2)6(3)9/h5H,4H2,1-3H3. The maximum absolute atomic E-state index is 11.0. The lowest BCUT2D eigenvalue weighted by atomic mass is 10.0. The van der Waals surface area contributed by atoms with Crippen LogP contribution < -0.4 is 0 Å². The lowest BCUT2D eigenvalue weighted by Crippen LogP contribution is -2.28. The molecule has 0 aromatic carbocycles. The van der Waals surface area contributed by atoms with E-state index < -0.39 is 17.7 Å². The first-order valence-corrected chi connectivity index (χ1v) is 3.72. The van der Waals surface area contributed by atoms with Crippen LogP contribution in [0.4, 0.5) is 0 Å². The van der Waals surface area contributed by atoms with Gasteiger partial charge in [-0.1, -0.05) is 0 Å². The minimum atomic E-state index is -0.930. The highest BCUT2D eigenvalue weighted by atomic mass is 16.5. The van der Waals surface area contributed by atoms with Crippen LogP contribution in [-0.4, -0.2) is 24.1 Å². The van der Waals surface area contributed by atoms with Crippen LogP contribution in [0.15, 0.2) is 0 Å². The van der Waals surface area contributed by atoms with Gasteiger partial charge in [0, 0.05) is 0 Å². The zero-order chi connectivity index (χ0) is 9.72. The normalized spacial score (nSPS) is 11.9. The average Bonchev–Trinajstić information content (AvgIpc) is 2.02. The largest absolute Gasteiger partial charge is 0.460 e. The molecule has 1 atom stereocenters. The first-order valence-electron chi connectivity index (χ1n) is 3.72. The molecule has 0 amide bonds. The number of hydrogen-bond donors (Lipinski definition) is 0. The summed E-state index contributed by atoms with van der Waals surface area (Å²) in [5.74, 6) is -2.92. The number of hydrogen-bond acceptors (Lipinski definition) is 4. The summed E-state index contributed by atoms with van der Waals surface area (Å²) in [6, 6.07) is 0. The van der Waals surface area contributed by atoms with Crippen molar-refractivity contribution in [1.82, 2.24) is 0 Å². The second-order valence-electron chi connectivity index (χ2n) is 2.42. The van der Waals surface area contributed by atoms with Crippen molar-refractivity contribution in [2.45, 2.75) is 20.8 Å². The van der Waals surface area contributed by atoms with Gasteiger partial charge in [0.05, 0.1) is 12.5 Å². The highest BCUT2D eigenvalue weighted by molar-refractivity contribution is 6.38. The molecule has 68 valence electrons. The Hall–Kier alpha value is -1.19. The predicted octanol–water partition coefficient (Wildman–Crippen LogP) is 0.344. The van der Waals surface area contributed by atoms with Gasteiger partial charge in [-0.15, -0.1) is 0 Å². The van der Waals surface area contributed by atoms with Gasteiger partial charge in [0.1, 0.15) is 5.78 Å². The molecule has 0 bridgehead atoms. The van der Waals surface area contributed by atoms with E-state index in [2.05, 4.69) is 4.74 Å². The Morgan fingerprint density at radius 1 is 1.33 bits per heavy atom. The number of carbonyl (C=O) groups is 3. The summed E-state index contributed by atoms with van der Waals surface area (Å²) in [4.78, 5) is 32.4. The Kier molecular flexibility index (Phi) is 4.18. The third kappa shape index (κ3) is 2.82. The van der Waals surface area contributed by atoms with Crippen LogP contribution in [0.3, 0.4) is 0 Å². The molecule has 0 aliphatic heterocycles. The van der Waals surface area contributed by atoms with Crippen molar-refractivity contribution >= 4 is 17.5 Å². The first kappa shape index (κ1) is 10.8. The lowest BCUT2D eigenvalue weighted by molar-refractivity contribution is -0.156. The molecule has 0 aromatic heterocycles.